The monoisotopic (exact) mass is 245 g/mol. The highest BCUT2D eigenvalue weighted by atomic mass is 16.7. The minimum atomic E-state index is -0.416. The van der Waals surface area contributed by atoms with Gasteiger partial charge in [-0.2, -0.15) is 5.10 Å². The van der Waals surface area contributed by atoms with Gasteiger partial charge in [0, 0.05) is 0 Å². The summed E-state index contributed by atoms with van der Waals surface area (Å²) in [7, 11) is -0.416. The molecule has 1 aliphatic rings. The zero-order chi connectivity index (χ0) is 13.0. The summed E-state index contributed by atoms with van der Waals surface area (Å²) in [6.45, 7) is 8.14. The van der Waals surface area contributed by atoms with Gasteiger partial charge in [0.25, 0.3) is 0 Å². The van der Waals surface area contributed by atoms with E-state index in [1.165, 1.54) is 6.33 Å². The van der Waals surface area contributed by atoms with Crippen molar-refractivity contribution >= 4 is 18.4 Å². The molecule has 0 bridgehead atoms. The van der Waals surface area contributed by atoms with Gasteiger partial charge in [-0.1, -0.05) is 6.07 Å². The molecule has 3 rings (SSSR count). The number of hydrogen-bond acceptors (Lipinski definition) is 4. The lowest BCUT2D eigenvalue weighted by molar-refractivity contribution is 0.00578. The third-order valence-corrected chi connectivity index (χ3v) is 3.83. The van der Waals surface area contributed by atoms with Gasteiger partial charge in [0.2, 0.25) is 0 Å². The van der Waals surface area contributed by atoms with Crippen LogP contribution in [-0.4, -0.2) is 32.9 Å². The summed E-state index contributed by atoms with van der Waals surface area (Å²) >= 11 is 0. The number of hydrogen-bond donors (Lipinski definition) is 0. The lowest BCUT2D eigenvalue weighted by Crippen LogP contribution is -2.41. The fourth-order valence-corrected chi connectivity index (χ4v) is 2.01. The highest BCUT2D eigenvalue weighted by molar-refractivity contribution is 6.61. The maximum absolute atomic E-state index is 6.02. The van der Waals surface area contributed by atoms with Crippen molar-refractivity contribution in [1.82, 2.24) is 14.6 Å². The van der Waals surface area contributed by atoms with E-state index in [-0.39, 0.29) is 11.2 Å². The smallest absolute Gasteiger partial charge is 0.398 e. The molecule has 1 aliphatic heterocycles. The van der Waals surface area contributed by atoms with Gasteiger partial charge in [0.1, 0.15) is 6.33 Å². The topological polar surface area (TPSA) is 48.7 Å². The molecule has 5 nitrogen and oxygen atoms in total. The van der Waals surface area contributed by atoms with Crippen LogP contribution in [-0.2, 0) is 9.31 Å². The first-order chi connectivity index (χ1) is 8.41. The molecule has 1 saturated heterocycles. The molecule has 0 aliphatic carbocycles. The minimum Gasteiger partial charge on any atom is -0.398 e. The summed E-state index contributed by atoms with van der Waals surface area (Å²) < 4.78 is 13.8. The minimum absolute atomic E-state index is 0.347. The Hall–Kier alpha value is -1.40. The summed E-state index contributed by atoms with van der Waals surface area (Å²) in [5, 5.41) is 4.20. The van der Waals surface area contributed by atoms with Crippen LogP contribution in [0.2, 0.25) is 0 Å². The molecule has 0 aromatic carbocycles. The molecule has 2 aromatic rings. The van der Waals surface area contributed by atoms with Crippen LogP contribution in [0.25, 0.3) is 5.65 Å². The summed E-state index contributed by atoms with van der Waals surface area (Å²) in [6.07, 6.45) is 1.53. The molecular weight excluding hydrogens is 229 g/mol. The maximum Gasteiger partial charge on any atom is 0.514 e. The van der Waals surface area contributed by atoms with Crippen LogP contribution in [0.5, 0.6) is 0 Å². The normalized spacial score (nSPS) is 21.7. The molecule has 0 N–H and O–H groups in total. The first-order valence-electron chi connectivity index (χ1n) is 6.05. The molecule has 1 fully saturated rings. The summed E-state index contributed by atoms with van der Waals surface area (Å²) in [5.74, 6) is 0. The van der Waals surface area contributed by atoms with Crippen molar-refractivity contribution in [2.24, 2.45) is 0 Å². The molecular formula is C12H16BN3O2. The highest BCUT2D eigenvalue weighted by Gasteiger charge is 2.52. The number of aromatic nitrogens is 3. The van der Waals surface area contributed by atoms with Crippen molar-refractivity contribution in [3.05, 3.63) is 24.5 Å². The Bertz CT molecular complexity index is 578. The molecule has 3 heterocycles. The van der Waals surface area contributed by atoms with E-state index in [0.29, 0.717) is 0 Å². The molecule has 0 atom stereocenters. The molecule has 18 heavy (non-hydrogen) atoms. The fraction of sp³-hybridized carbons (Fsp3) is 0.500. The van der Waals surface area contributed by atoms with Crippen molar-refractivity contribution in [3.8, 4) is 0 Å². The molecule has 94 valence electrons. The molecule has 2 aromatic heterocycles. The summed E-state index contributed by atoms with van der Waals surface area (Å²) in [4.78, 5) is 4.16. The van der Waals surface area contributed by atoms with E-state index in [0.717, 1.165) is 11.2 Å². The largest absolute Gasteiger partial charge is 0.514 e. The molecule has 0 unspecified atom stereocenters. The molecule has 0 spiro atoms. The zero-order valence-corrected chi connectivity index (χ0v) is 11.0. The van der Waals surface area contributed by atoms with Gasteiger partial charge in [-0.3, -0.25) is 0 Å². The predicted molar refractivity (Wildman–Crippen MR) is 68.7 cm³/mol. The molecule has 0 radical (unpaired) electrons. The second kappa shape index (κ2) is 3.55. The van der Waals surface area contributed by atoms with Crippen LogP contribution in [0.1, 0.15) is 27.7 Å². The Kier molecular flexibility index (Phi) is 2.31. The van der Waals surface area contributed by atoms with Gasteiger partial charge in [0.15, 0.2) is 5.65 Å². The van der Waals surface area contributed by atoms with Gasteiger partial charge >= 0.3 is 7.12 Å². The average molecular weight is 245 g/mol. The van der Waals surface area contributed by atoms with Crippen molar-refractivity contribution in [1.29, 1.82) is 0 Å². The van der Waals surface area contributed by atoms with Gasteiger partial charge in [-0.15, -0.1) is 0 Å². The third kappa shape index (κ3) is 1.56. The molecule has 0 saturated carbocycles. The molecule has 0 amide bonds. The third-order valence-electron chi connectivity index (χ3n) is 3.83. The van der Waals surface area contributed by atoms with E-state index in [1.807, 2.05) is 45.9 Å². The van der Waals surface area contributed by atoms with Gasteiger partial charge in [-0.05, 0) is 39.8 Å². The highest BCUT2D eigenvalue weighted by Crippen LogP contribution is 2.36. The number of pyridine rings is 1. The number of rotatable bonds is 1. The van der Waals surface area contributed by atoms with E-state index in [4.69, 9.17) is 9.31 Å². The zero-order valence-electron chi connectivity index (χ0n) is 11.0. The Morgan fingerprint density at radius 1 is 1.11 bits per heavy atom. The Balaban J connectivity index is 2.05. The van der Waals surface area contributed by atoms with Crippen LogP contribution in [0.3, 0.4) is 0 Å². The second-order valence-corrected chi connectivity index (χ2v) is 5.57. The van der Waals surface area contributed by atoms with Crippen LogP contribution in [0, 0.1) is 0 Å². The first kappa shape index (κ1) is 11.7. The van der Waals surface area contributed by atoms with Crippen LogP contribution in [0.15, 0.2) is 24.5 Å². The Morgan fingerprint density at radius 3 is 2.44 bits per heavy atom. The SMILES string of the molecule is CC1(C)OB(c2cccc3ncnn23)OC1(C)C. The second-order valence-electron chi connectivity index (χ2n) is 5.57. The number of fused-ring (bicyclic) bond motifs is 1. The Morgan fingerprint density at radius 2 is 1.78 bits per heavy atom. The summed E-state index contributed by atoms with van der Waals surface area (Å²) in [6, 6.07) is 5.79. The van der Waals surface area contributed by atoms with Gasteiger partial charge in [-0.25, -0.2) is 9.50 Å². The quantitative estimate of drug-likeness (QED) is 0.704. The van der Waals surface area contributed by atoms with Crippen molar-refractivity contribution in [3.63, 3.8) is 0 Å². The maximum atomic E-state index is 6.02. The van der Waals surface area contributed by atoms with Crippen LogP contribution < -0.4 is 5.59 Å². The van der Waals surface area contributed by atoms with E-state index in [2.05, 4.69) is 10.1 Å². The lowest BCUT2D eigenvalue weighted by Gasteiger charge is -2.32. The van der Waals surface area contributed by atoms with E-state index in [9.17, 15) is 0 Å². The van der Waals surface area contributed by atoms with E-state index >= 15 is 0 Å². The summed E-state index contributed by atoms with van der Waals surface area (Å²) in [5.41, 5.74) is 0.965. The molecule has 6 heteroatoms. The fourth-order valence-electron chi connectivity index (χ4n) is 2.01. The van der Waals surface area contributed by atoms with Crippen molar-refractivity contribution < 1.29 is 9.31 Å². The predicted octanol–water partition coefficient (Wildman–Crippen LogP) is 1.03. The standard InChI is InChI=1S/C12H16BN3O2/c1-11(2)12(3,4)18-13(17-11)9-6-5-7-10-14-8-15-16(9)10/h5-8H,1-4H3. The van der Waals surface area contributed by atoms with Gasteiger partial charge < -0.3 is 9.31 Å². The number of nitrogens with zero attached hydrogens (tertiary/aromatic N) is 3. The van der Waals surface area contributed by atoms with Crippen LogP contribution in [0.4, 0.5) is 0 Å². The van der Waals surface area contributed by atoms with Crippen molar-refractivity contribution in [2.75, 3.05) is 0 Å². The van der Waals surface area contributed by atoms with Crippen LogP contribution >= 0.6 is 0 Å². The van der Waals surface area contributed by atoms with Crippen molar-refractivity contribution in [2.45, 2.75) is 38.9 Å². The van der Waals surface area contributed by atoms with E-state index < -0.39 is 7.12 Å². The lowest BCUT2D eigenvalue weighted by atomic mass is 9.84. The van der Waals surface area contributed by atoms with Gasteiger partial charge in [0.05, 0.1) is 16.8 Å². The van der Waals surface area contributed by atoms with E-state index in [1.54, 1.807) is 4.52 Å². The first-order valence-corrected chi connectivity index (χ1v) is 6.05. The Labute approximate surface area is 106 Å². The average Bonchev–Trinajstić information content (AvgIpc) is 2.81.